The lowest BCUT2D eigenvalue weighted by Crippen LogP contribution is -2.33. The molecule has 0 aliphatic heterocycles. The van der Waals surface area contributed by atoms with Crippen molar-refractivity contribution in [2.45, 2.75) is 31.4 Å². The lowest BCUT2D eigenvalue weighted by Gasteiger charge is -2.14. The Bertz CT molecular complexity index is 990. The fourth-order valence-corrected chi connectivity index (χ4v) is 4.90. The summed E-state index contributed by atoms with van der Waals surface area (Å²) >= 11 is 3.28. The van der Waals surface area contributed by atoms with Crippen LogP contribution >= 0.6 is 23.1 Å². The van der Waals surface area contributed by atoms with Gasteiger partial charge in [0.05, 0.1) is 12.1 Å². The van der Waals surface area contributed by atoms with Crippen LogP contribution in [0.4, 0.5) is 5.69 Å². The largest absolute Gasteiger partial charge is 0.343 e. The normalized spacial score (nSPS) is 10.6. The minimum atomic E-state index is -0.245. The maximum absolute atomic E-state index is 12.7. The predicted octanol–water partition coefficient (Wildman–Crippen LogP) is 5.33. The second kappa shape index (κ2) is 9.76. The Hall–Kier alpha value is -2.57. The first kappa shape index (κ1) is 21.1. The van der Waals surface area contributed by atoms with Crippen LogP contribution in [-0.2, 0) is 10.5 Å². The van der Waals surface area contributed by atoms with Gasteiger partial charge in [0.25, 0.3) is 5.91 Å². The molecule has 29 heavy (non-hydrogen) atoms. The third kappa shape index (κ3) is 5.71. The number of hydrogen-bond acceptors (Lipinski definition) is 4. The van der Waals surface area contributed by atoms with Crippen LogP contribution in [-0.4, -0.2) is 18.4 Å². The number of aryl methyl sites for hydroxylation is 3. The molecule has 6 heteroatoms. The molecule has 2 aromatic carbocycles. The van der Waals surface area contributed by atoms with E-state index in [2.05, 4.69) is 22.1 Å². The molecule has 0 spiro atoms. The summed E-state index contributed by atoms with van der Waals surface area (Å²) in [6.07, 6.45) is 0. The first-order chi connectivity index (χ1) is 13.9. The first-order valence-electron chi connectivity index (χ1n) is 9.33. The first-order valence-corrected chi connectivity index (χ1v) is 11.3. The molecule has 0 bridgehead atoms. The minimum absolute atomic E-state index is 0.0743. The smallest absolute Gasteiger partial charge is 0.252 e. The van der Waals surface area contributed by atoms with Crippen LogP contribution < -0.4 is 10.6 Å². The number of benzene rings is 2. The van der Waals surface area contributed by atoms with Crippen LogP contribution in [0.25, 0.3) is 0 Å². The second-order valence-corrected chi connectivity index (χ2v) is 8.72. The zero-order valence-electron chi connectivity index (χ0n) is 16.7. The Morgan fingerprint density at radius 1 is 1.03 bits per heavy atom. The number of rotatable bonds is 7. The van der Waals surface area contributed by atoms with Crippen LogP contribution in [0, 0.1) is 20.8 Å². The molecule has 0 radical (unpaired) electrons. The topological polar surface area (TPSA) is 58.2 Å². The highest BCUT2D eigenvalue weighted by Gasteiger charge is 2.14. The zero-order valence-corrected chi connectivity index (χ0v) is 18.4. The number of thioether (sulfide) groups is 1. The number of hydrogen-bond donors (Lipinski definition) is 2. The Morgan fingerprint density at radius 3 is 2.45 bits per heavy atom. The van der Waals surface area contributed by atoms with E-state index >= 15 is 0 Å². The van der Waals surface area contributed by atoms with E-state index in [0.717, 1.165) is 33.0 Å². The van der Waals surface area contributed by atoms with Crippen molar-refractivity contribution in [2.75, 3.05) is 11.9 Å². The van der Waals surface area contributed by atoms with Gasteiger partial charge < -0.3 is 10.6 Å². The third-order valence-corrected chi connectivity index (χ3v) is 6.33. The average Bonchev–Trinajstić information content (AvgIpc) is 3.21. The van der Waals surface area contributed by atoms with E-state index in [-0.39, 0.29) is 18.4 Å². The summed E-state index contributed by atoms with van der Waals surface area (Å²) in [6, 6.07) is 13.6. The Balaban J connectivity index is 1.60. The SMILES string of the molecule is Cc1cc(C)c(NC(=O)CNC(=O)c2ccccc2SCc2ccsc2)c(C)c1. The fourth-order valence-electron chi connectivity index (χ4n) is 3.13. The van der Waals surface area contributed by atoms with E-state index in [1.807, 2.05) is 56.5 Å². The second-order valence-electron chi connectivity index (χ2n) is 6.92. The highest BCUT2D eigenvalue weighted by atomic mass is 32.2. The molecule has 1 aromatic heterocycles. The van der Waals surface area contributed by atoms with Gasteiger partial charge in [0, 0.05) is 16.3 Å². The van der Waals surface area contributed by atoms with E-state index < -0.39 is 0 Å². The average molecular weight is 425 g/mol. The van der Waals surface area contributed by atoms with Crippen molar-refractivity contribution < 1.29 is 9.59 Å². The minimum Gasteiger partial charge on any atom is -0.343 e. The van der Waals surface area contributed by atoms with Gasteiger partial charge >= 0.3 is 0 Å². The lowest BCUT2D eigenvalue weighted by atomic mass is 10.1. The molecule has 1 heterocycles. The van der Waals surface area contributed by atoms with Gasteiger partial charge in [-0.25, -0.2) is 0 Å². The summed E-state index contributed by atoms with van der Waals surface area (Å²) in [5.74, 6) is 0.322. The van der Waals surface area contributed by atoms with Crippen LogP contribution in [0.1, 0.15) is 32.6 Å². The molecule has 0 unspecified atom stereocenters. The van der Waals surface area contributed by atoms with Crippen molar-refractivity contribution in [2.24, 2.45) is 0 Å². The third-order valence-electron chi connectivity index (χ3n) is 4.46. The van der Waals surface area contributed by atoms with Gasteiger partial charge in [0.2, 0.25) is 5.91 Å². The maximum atomic E-state index is 12.7. The molecule has 0 saturated heterocycles. The molecule has 3 rings (SSSR count). The Morgan fingerprint density at radius 2 is 1.76 bits per heavy atom. The maximum Gasteiger partial charge on any atom is 0.252 e. The standard InChI is InChI=1S/C23H24N2O2S2/c1-15-10-16(2)22(17(3)11-15)25-21(26)12-24-23(27)19-6-4-5-7-20(19)29-14-18-8-9-28-13-18/h4-11,13H,12,14H2,1-3H3,(H,24,27)(H,25,26). The van der Waals surface area contributed by atoms with Crippen molar-refractivity contribution in [3.8, 4) is 0 Å². The van der Waals surface area contributed by atoms with Crippen molar-refractivity contribution >= 4 is 40.6 Å². The Kier molecular flexibility index (Phi) is 7.12. The fraction of sp³-hybridized carbons (Fsp3) is 0.217. The zero-order chi connectivity index (χ0) is 20.8. The summed E-state index contributed by atoms with van der Waals surface area (Å²) in [5, 5.41) is 9.81. The molecular weight excluding hydrogens is 400 g/mol. The highest BCUT2D eigenvalue weighted by molar-refractivity contribution is 7.98. The number of amides is 2. The number of carbonyl (C=O) groups excluding carboxylic acids is 2. The van der Waals surface area contributed by atoms with Gasteiger partial charge in [-0.15, -0.1) is 11.8 Å². The molecule has 3 aromatic rings. The molecule has 2 amide bonds. The van der Waals surface area contributed by atoms with E-state index in [1.54, 1.807) is 29.2 Å². The summed E-state index contributed by atoms with van der Waals surface area (Å²) in [5.41, 5.74) is 5.81. The van der Waals surface area contributed by atoms with E-state index in [1.165, 1.54) is 5.56 Å². The number of nitrogens with one attached hydrogen (secondary N) is 2. The molecule has 0 aliphatic carbocycles. The Labute approximate surface area is 179 Å². The van der Waals surface area contributed by atoms with Gasteiger partial charge in [0.15, 0.2) is 0 Å². The monoisotopic (exact) mass is 424 g/mol. The van der Waals surface area contributed by atoms with Crippen LogP contribution in [0.5, 0.6) is 0 Å². The van der Waals surface area contributed by atoms with Gasteiger partial charge in [-0.1, -0.05) is 29.8 Å². The van der Waals surface area contributed by atoms with E-state index in [0.29, 0.717) is 5.56 Å². The molecule has 0 saturated carbocycles. The summed E-state index contributed by atoms with van der Waals surface area (Å²) < 4.78 is 0. The quantitative estimate of drug-likeness (QED) is 0.504. The molecule has 0 aliphatic rings. The van der Waals surface area contributed by atoms with Crippen molar-refractivity contribution in [1.82, 2.24) is 5.32 Å². The summed E-state index contributed by atoms with van der Waals surface area (Å²) in [6.45, 7) is 5.89. The van der Waals surface area contributed by atoms with Crippen LogP contribution in [0.15, 0.2) is 58.1 Å². The molecular formula is C23H24N2O2S2. The van der Waals surface area contributed by atoms with Gasteiger partial charge in [-0.2, -0.15) is 11.3 Å². The predicted molar refractivity (Wildman–Crippen MR) is 122 cm³/mol. The lowest BCUT2D eigenvalue weighted by molar-refractivity contribution is -0.115. The van der Waals surface area contributed by atoms with Crippen molar-refractivity contribution in [3.63, 3.8) is 0 Å². The number of carbonyl (C=O) groups is 2. The van der Waals surface area contributed by atoms with Gasteiger partial charge in [0.1, 0.15) is 0 Å². The van der Waals surface area contributed by atoms with Crippen LogP contribution in [0.3, 0.4) is 0 Å². The molecule has 0 atom stereocenters. The van der Waals surface area contributed by atoms with Gasteiger partial charge in [-0.3, -0.25) is 9.59 Å². The molecule has 0 fully saturated rings. The highest BCUT2D eigenvalue weighted by Crippen LogP contribution is 2.27. The number of thiophene rings is 1. The summed E-state index contributed by atoms with van der Waals surface area (Å²) in [4.78, 5) is 25.9. The summed E-state index contributed by atoms with van der Waals surface area (Å²) in [7, 11) is 0. The van der Waals surface area contributed by atoms with Crippen LogP contribution in [0.2, 0.25) is 0 Å². The van der Waals surface area contributed by atoms with E-state index in [9.17, 15) is 9.59 Å². The molecule has 150 valence electrons. The molecule has 2 N–H and O–H groups in total. The van der Waals surface area contributed by atoms with Crippen molar-refractivity contribution in [1.29, 1.82) is 0 Å². The van der Waals surface area contributed by atoms with Crippen molar-refractivity contribution in [3.05, 3.63) is 81.0 Å². The molecule has 4 nitrogen and oxygen atoms in total. The van der Waals surface area contributed by atoms with E-state index in [4.69, 9.17) is 0 Å². The number of anilines is 1. The van der Waals surface area contributed by atoms with Gasteiger partial charge in [-0.05, 0) is 66.4 Å².